The summed E-state index contributed by atoms with van der Waals surface area (Å²) in [5, 5.41) is 44.3. The molecule has 8 heterocycles. The molecule has 4 amide bonds. The molecule has 0 spiro atoms. The fourth-order valence-electron chi connectivity index (χ4n) is 11.3. The Hall–Kier alpha value is -13.0. The number of nitrogens with one attached hydrogen (secondary N) is 8. The zero-order valence-corrected chi connectivity index (χ0v) is 74.7. The summed E-state index contributed by atoms with van der Waals surface area (Å²) in [4.78, 5) is 67.4. The third-order valence-corrected chi connectivity index (χ3v) is 20.6. The molecule has 0 saturated carbocycles. The first kappa shape index (κ1) is 94.8. The maximum absolute atomic E-state index is 12.7. The summed E-state index contributed by atoms with van der Waals surface area (Å²) in [5.41, 5.74) is 8.48. The van der Waals surface area contributed by atoms with Gasteiger partial charge >= 0.3 is 24.4 Å². The lowest BCUT2D eigenvalue weighted by Crippen LogP contribution is -2.19. The third-order valence-electron chi connectivity index (χ3n) is 17.1. The molecule has 40 nitrogen and oxygen atoms in total. The van der Waals surface area contributed by atoms with E-state index in [-0.39, 0.29) is 11.6 Å². The standard InChI is InChI=1S/C21H25ClN6O4S.C19H21ClN6O4S.C19H22N6O4S.C18H19ClN6O4S/c1-5-12-28-20(24-21(29)32-14(3)15-8-6-7-9-16(15)22)19(25-27-28)18-11-10-17(13(2)23-18)26-33(4,30)31;1-11-15(24-31(4,28)29)9-10-16(21-11)17-18(26(3)25-23-17)22-19(27)30-12(2)13-7-5-6-8-14(13)20;1-12-15(23-30(4,27)28)10-11-16(20-12)17-18(25(3)24-22-17)21-19(26)29-13(2)14-8-6-5-7-9-14;1-11(13-6-4-5-7-14(13)19)29-18(26)21-17-16(22-24-25(17)2)15-9-8-12(10-20-15)23-30(3,27)28/h6-11,14,26H,5,12H2,1-4H3,(H,24,29);5-10,12,24H,1-4H3,(H,22,27);5-11,13,23H,1-4H3,(H,21,26);4-11,23H,1-3H3,(H,21,26)/t14-;12-;13-;11-/m1111/s1. The van der Waals surface area contributed by atoms with Crippen LogP contribution in [-0.4, -0.2) is 163 Å². The average molecular weight is 1840 g/mol. The van der Waals surface area contributed by atoms with Crippen LogP contribution in [0.25, 0.3) is 45.6 Å². The molecule has 0 bridgehead atoms. The second kappa shape index (κ2) is 41.7. The molecular formula is C77H87Cl3N24O16S4. The Morgan fingerprint density at radius 3 is 0.992 bits per heavy atom. The Bertz CT molecular complexity index is 6330. The Morgan fingerprint density at radius 1 is 0.379 bits per heavy atom. The van der Waals surface area contributed by atoms with Crippen LogP contribution in [-0.2, 0) is 86.7 Å². The van der Waals surface area contributed by atoms with E-state index in [1.165, 1.54) is 26.3 Å². The number of sulfonamides is 4. The minimum absolute atomic E-state index is 0.266. The highest BCUT2D eigenvalue weighted by molar-refractivity contribution is 7.92. The lowest BCUT2D eigenvalue weighted by Gasteiger charge is -2.16. The number of hydrogen-bond acceptors (Lipinski definition) is 28. The average Bonchev–Trinajstić information content (AvgIpc) is 1.66. The first-order valence-corrected chi connectivity index (χ1v) is 45.7. The monoisotopic (exact) mass is 1840 g/mol. The zero-order chi connectivity index (χ0) is 90.7. The first-order chi connectivity index (χ1) is 58.4. The number of aromatic nitrogens is 16. The summed E-state index contributed by atoms with van der Waals surface area (Å²) in [6.45, 7) is 14.4. The fraction of sp³-hybridized carbons (Fsp3) is 0.273. The lowest BCUT2D eigenvalue weighted by molar-refractivity contribution is 0.120. The van der Waals surface area contributed by atoms with Crippen molar-refractivity contribution in [2.45, 2.75) is 92.8 Å². The fourth-order valence-corrected chi connectivity index (χ4v) is 14.6. The van der Waals surface area contributed by atoms with Gasteiger partial charge in [-0.3, -0.25) is 45.1 Å². The second-order valence-corrected chi connectivity index (χ2v) is 35.5. The highest BCUT2D eigenvalue weighted by Crippen LogP contribution is 2.35. The Balaban J connectivity index is 0.000000187. The SMILES string of the molecule is CCCn1nnc(-c2ccc(NS(C)(=O)=O)c(C)n2)c1NC(=O)O[C@H](C)c1ccccc1Cl.C[C@@H](OC(=O)Nc1c(-c2ccc(NS(C)(=O)=O)cn2)nnn1C)c1ccccc1Cl.Cc1nc(-c2nnn(C)c2NC(=O)O[C@H](C)c2ccccc2)ccc1NS(C)(=O)=O.Cc1nc(-c2nnn(C)c2NC(=O)O[C@H](C)c2ccccc2Cl)ccc1NS(C)(=O)=O. The van der Waals surface area contributed by atoms with E-state index < -0.39 is 88.9 Å². The molecule has 0 fully saturated rings. The minimum Gasteiger partial charge on any atom is -0.441 e. The summed E-state index contributed by atoms with van der Waals surface area (Å²) in [5.74, 6) is 1.16. The molecule has 4 aromatic carbocycles. The summed E-state index contributed by atoms with van der Waals surface area (Å²) in [6, 6.07) is 43.2. The van der Waals surface area contributed by atoms with Gasteiger partial charge in [-0.05, 0) is 127 Å². The van der Waals surface area contributed by atoms with Crippen LogP contribution >= 0.6 is 34.8 Å². The van der Waals surface area contributed by atoms with Crippen LogP contribution in [0.4, 0.5) is 65.2 Å². The molecule has 0 aliphatic rings. The van der Waals surface area contributed by atoms with E-state index in [4.69, 9.17) is 53.8 Å². The van der Waals surface area contributed by atoms with Crippen molar-refractivity contribution in [3.63, 3.8) is 0 Å². The van der Waals surface area contributed by atoms with E-state index in [9.17, 15) is 52.8 Å². The molecule has 0 saturated heterocycles. The van der Waals surface area contributed by atoms with Crippen molar-refractivity contribution in [3.8, 4) is 45.6 Å². The van der Waals surface area contributed by atoms with Crippen LogP contribution in [0.3, 0.4) is 0 Å². The number of rotatable bonds is 26. The lowest BCUT2D eigenvalue weighted by atomic mass is 10.1. The molecule has 0 aliphatic carbocycles. The van der Waals surface area contributed by atoms with Crippen molar-refractivity contribution in [2.75, 3.05) is 65.2 Å². The largest absolute Gasteiger partial charge is 0.441 e. The quantitative estimate of drug-likeness (QED) is 0.0233. The maximum Gasteiger partial charge on any atom is 0.413 e. The maximum atomic E-state index is 12.7. The van der Waals surface area contributed by atoms with E-state index in [0.29, 0.717) is 135 Å². The number of carbonyl (C=O) groups excluding carboxylic acids is 4. The number of ether oxygens (including phenoxy) is 4. The Morgan fingerprint density at radius 2 is 0.677 bits per heavy atom. The predicted octanol–water partition coefficient (Wildman–Crippen LogP) is 14.0. The van der Waals surface area contributed by atoms with Crippen molar-refractivity contribution in [2.24, 2.45) is 21.1 Å². The van der Waals surface area contributed by atoms with Gasteiger partial charge in [0.2, 0.25) is 40.1 Å². The van der Waals surface area contributed by atoms with Gasteiger partial charge in [-0.25, -0.2) is 86.5 Å². The van der Waals surface area contributed by atoms with Crippen LogP contribution in [0.15, 0.2) is 158 Å². The molecule has 8 aromatic heterocycles. The highest BCUT2D eigenvalue weighted by atomic mass is 35.5. The number of benzene rings is 4. The van der Waals surface area contributed by atoms with Gasteiger partial charge in [0.05, 0.1) is 93.8 Å². The normalized spacial score (nSPS) is 12.3. The van der Waals surface area contributed by atoms with Gasteiger partial charge in [-0.15, -0.1) is 20.4 Å². The number of amides is 4. The van der Waals surface area contributed by atoms with E-state index >= 15 is 0 Å². The van der Waals surface area contributed by atoms with Crippen LogP contribution in [0.5, 0.6) is 0 Å². The van der Waals surface area contributed by atoms with Crippen molar-refractivity contribution in [1.29, 1.82) is 0 Å². The molecule has 124 heavy (non-hydrogen) atoms. The molecule has 0 unspecified atom stereocenters. The van der Waals surface area contributed by atoms with E-state index in [1.807, 2.05) is 43.3 Å². The van der Waals surface area contributed by atoms with Gasteiger partial charge in [0.15, 0.2) is 46.0 Å². The van der Waals surface area contributed by atoms with Crippen LogP contribution < -0.4 is 40.2 Å². The molecule has 8 N–H and O–H groups in total. The molecule has 656 valence electrons. The minimum atomic E-state index is -3.45. The third kappa shape index (κ3) is 27.2. The summed E-state index contributed by atoms with van der Waals surface area (Å²) < 4.78 is 129. The van der Waals surface area contributed by atoms with Gasteiger partial charge in [0.1, 0.15) is 24.4 Å². The highest BCUT2D eigenvalue weighted by Gasteiger charge is 2.27. The van der Waals surface area contributed by atoms with Crippen molar-refractivity contribution < 1.29 is 71.8 Å². The van der Waals surface area contributed by atoms with Gasteiger partial charge in [0.25, 0.3) is 0 Å². The number of anilines is 8. The Kier molecular flexibility index (Phi) is 31.9. The molecule has 12 rings (SSSR count). The molecule has 47 heteroatoms. The van der Waals surface area contributed by atoms with Crippen LogP contribution in [0, 0.1) is 20.8 Å². The van der Waals surface area contributed by atoms with Crippen molar-refractivity contribution >= 4 is 145 Å². The number of pyridine rings is 4. The number of hydrogen-bond donors (Lipinski definition) is 8. The topological polar surface area (TPSA) is 512 Å². The molecule has 0 aliphatic heterocycles. The molecule has 4 atom stereocenters. The first-order valence-electron chi connectivity index (χ1n) is 37.0. The van der Waals surface area contributed by atoms with Gasteiger partial charge in [-0.2, -0.15) is 0 Å². The Labute approximate surface area is 729 Å². The van der Waals surface area contributed by atoms with Crippen molar-refractivity contribution in [1.82, 2.24) is 79.9 Å². The van der Waals surface area contributed by atoms with Gasteiger partial charge < -0.3 is 18.9 Å². The van der Waals surface area contributed by atoms with Crippen LogP contribution in [0.2, 0.25) is 15.1 Å². The van der Waals surface area contributed by atoms with Crippen molar-refractivity contribution in [3.05, 3.63) is 212 Å². The number of nitrogens with zero attached hydrogens (tertiary/aromatic N) is 16. The molecule has 12 aromatic rings. The summed E-state index contributed by atoms with van der Waals surface area (Å²) in [7, 11) is -8.90. The van der Waals surface area contributed by atoms with E-state index in [0.717, 1.165) is 37.0 Å². The second-order valence-electron chi connectivity index (χ2n) is 27.3. The predicted molar refractivity (Wildman–Crippen MR) is 469 cm³/mol. The van der Waals surface area contributed by atoms with E-state index in [2.05, 4.69) is 101 Å². The molecule has 0 radical (unpaired) electrons. The number of carbonyl (C=O) groups is 4. The zero-order valence-electron chi connectivity index (χ0n) is 69.2. The van der Waals surface area contributed by atoms with Gasteiger partial charge in [-0.1, -0.05) is 148 Å². The number of aryl methyl sites for hydroxylation is 7. The van der Waals surface area contributed by atoms with E-state index in [1.54, 1.807) is 183 Å². The number of halogens is 3. The molecular weight excluding hydrogens is 1750 g/mol. The summed E-state index contributed by atoms with van der Waals surface area (Å²) in [6.07, 6.45) is 1.33. The smallest absolute Gasteiger partial charge is 0.413 e. The van der Waals surface area contributed by atoms with Gasteiger partial charge in [0, 0.05) is 59.4 Å². The van der Waals surface area contributed by atoms with Crippen LogP contribution in [0.1, 0.15) is 105 Å². The summed E-state index contributed by atoms with van der Waals surface area (Å²) >= 11 is 18.5.